The van der Waals surface area contributed by atoms with Crippen molar-refractivity contribution in [1.82, 2.24) is 24.0 Å². The fourth-order valence-electron chi connectivity index (χ4n) is 5.08. The molecule has 0 fully saturated rings. The van der Waals surface area contributed by atoms with Crippen molar-refractivity contribution in [3.8, 4) is 0 Å². The molecule has 7 heteroatoms. The number of hydrogen-bond acceptors (Lipinski definition) is 3. The van der Waals surface area contributed by atoms with Crippen molar-refractivity contribution in [3.63, 3.8) is 0 Å². The van der Waals surface area contributed by atoms with Gasteiger partial charge in [0.2, 0.25) is 5.62 Å². The van der Waals surface area contributed by atoms with E-state index >= 15 is 0 Å². The van der Waals surface area contributed by atoms with Gasteiger partial charge < -0.3 is 19.0 Å². The van der Waals surface area contributed by atoms with Crippen molar-refractivity contribution in [2.75, 3.05) is 6.54 Å². The lowest BCUT2D eigenvalue weighted by molar-refractivity contribution is 0.0938. The highest BCUT2D eigenvalue weighted by Gasteiger charge is 2.22. The molecule has 1 atom stereocenters. The van der Waals surface area contributed by atoms with E-state index in [1.54, 1.807) is 10.9 Å². The quantitative estimate of drug-likeness (QED) is 0.316. The lowest BCUT2D eigenvalue weighted by Crippen LogP contribution is -2.37. The Hall–Kier alpha value is -4.39. The molecule has 5 aromatic rings. The number of amides is 1. The van der Waals surface area contributed by atoms with E-state index in [4.69, 9.17) is 0 Å². The van der Waals surface area contributed by atoms with Crippen molar-refractivity contribution in [3.05, 3.63) is 118 Å². The number of para-hydroxylation sites is 2. The van der Waals surface area contributed by atoms with Crippen molar-refractivity contribution < 1.29 is 4.79 Å². The van der Waals surface area contributed by atoms with E-state index in [9.17, 15) is 10.2 Å². The average Bonchev–Trinajstić information content (AvgIpc) is 3.39. The van der Waals surface area contributed by atoms with Gasteiger partial charge in [-0.05, 0) is 50.5 Å². The lowest BCUT2D eigenvalue weighted by atomic mass is 10.0. The third-order valence-electron chi connectivity index (χ3n) is 7.17. The highest BCUT2D eigenvalue weighted by atomic mass is 16.2. The number of carbonyl (C=O) groups excluding carboxylic acids is 1. The van der Waals surface area contributed by atoms with Gasteiger partial charge in [0, 0.05) is 13.6 Å². The first-order valence-corrected chi connectivity index (χ1v) is 12.9. The summed E-state index contributed by atoms with van der Waals surface area (Å²) in [6, 6.07) is 24.9. The maximum Gasteiger partial charge on any atom is 0.269 e. The molecule has 1 unspecified atom stereocenters. The van der Waals surface area contributed by atoms with E-state index in [1.165, 1.54) is 11.1 Å². The van der Waals surface area contributed by atoms with Gasteiger partial charge in [0.25, 0.3) is 5.91 Å². The zero-order chi connectivity index (χ0) is 26.8. The van der Waals surface area contributed by atoms with Crippen LogP contribution in [0.25, 0.3) is 11.0 Å². The fourth-order valence-corrected chi connectivity index (χ4v) is 5.08. The van der Waals surface area contributed by atoms with Crippen LogP contribution in [0.2, 0.25) is 0 Å². The van der Waals surface area contributed by atoms with Crippen LogP contribution in [0, 0.1) is 26.2 Å². The number of rotatable bonds is 8. The zero-order valence-corrected chi connectivity index (χ0v) is 22.4. The predicted molar refractivity (Wildman–Crippen MR) is 150 cm³/mol. The van der Waals surface area contributed by atoms with Gasteiger partial charge in [-0.3, -0.25) is 10.2 Å². The third-order valence-corrected chi connectivity index (χ3v) is 7.17. The number of fused-ring (bicyclic) bond motifs is 1. The molecule has 0 aliphatic heterocycles. The Kier molecular flexibility index (Phi) is 7.01. The van der Waals surface area contributed by atoms with Crippen LogP contribution < -0.4 is 10.9 Å². The van der Waals surface area contributed by atoms with Gasteiger partial charge in [0.15, 0.2) is 0 Å². The molecule has 194 valence electrons. The summed E-state index contributed by atoms with van der Waals surface area (Å²) in [6.45, 7) is 6.98. The molecule has 5 rings (SSSR count). The first-order chi connectivity index (χ1) is 18.3. The van der Waals surface area contributed by atoms with E-state index in [-0.39, 0.29) is 11.9 Å². The van der Waals surface area contributed by atoms with Crippen molar-refractivity contribution in [2.45, 2.75) is 39.8 Å². The van der Waals surface area contributed by atoms with Crippen LogP contribution in [-0.4, -0.2) is 31.1 Å². The molecule has 1 amide bonds. The molecule has 0 saturated carbocycles. The van der Waals surface area contributed by atoms with E-state index < -0.39 is 0 Å². The van der Waals surface area contributed by atoms with Gasteiger partial charge in [-0.25, -0.2) is 4.98 Å². The summed E-state index contributed by atoms with van der Waals surface area (Å²) in [5, 5.41) is 12.4. The Morgan fingerprint density at radius 3 is 2.11 bits per heavy atom. The fraction of sp³-hybridized carbons (Fsp3) is 0.258. The molecule has 2 aromatic heterocycles. The molecule has 0 radical (unpaired) electrons. The maximum absolute atomic E-state index is 13.2. The number of benzene rings is 3. The molecule has 2 heterocycles. The molecule has 2 N–H and O–H groups in total. The second kappa shape index (κ2) is 10.5. The summed E-state index contributed by atoms with van der Waals surface area (Å²) >= 11 is 0. The van der Waals surface area contributed by atoms with Crippen LogP contribution in [0.5, 0.6) is 0 Å². The van der Waals surface area contributed by atoms with Crippen LogP contribution in [-0.2, 0) is 20.0 Å². The summed E-state index contributed by atoms with van der Waals surface area (Å²) in [5.41, 5.74) is 8.36. The van der Waals surface area contributed by atoms with Gasteiger partial charge in [-0.1, -0.05) is 71.8 Å². The Morgan fingerprint density at radius 2 is 1.50 bits per heavy atom. The van der Waals surface area contributed by atoms with Gasteiger partial charge in [-0.15, -0.1) is 0 Å². The van der Waals surface area contributed by atoms with Crippen molar-refractivity contribution >= 4 is 16.9 Å². The van der Waals surface area contributed by atoms with Crippen LogP contribution in [0.15, 0.2) is 79.1 Å². The summed E-state index contributed by atoms with van der Waals surface area (Å²) in [7, 11) is 1.83. The summed E-state index contributed by atoms with van der Waals surface area (Å²) in [5.74, 6) is -0.160. The number of aryl methyl sites for hydroxylation is 4. The Morgan fingerprint density at radius 1 is 0.895 bits per heavy atom. The first kappa shape index (κ1) is 25.3. The van der Waals surface area contributed by atoms with E-state index in [0.29, 0.717) is 36.5 Å². The Balaban J connectivity index is 1.55. The Labute approximate surface area is 222 Å². The molecule has 0 saturated heterocycles. The summed E-state index contributed by atoms with van der Waals surface area (Å²) < 4.78 is 5.87. The van der Waals surface area contributed by atoms with Crippen LogP contribution in [0.1, 0.15) is 44.5 Å². The van der Waals surface area contributed by atoms with Gasteiger partial charge in [-0.2, -0.15) is 0 Å². The zero-order valence-electron chi connectivity index (χ0n) is 22.4. The minimum absolute atomic E-state index is 0.160. The molecule has 0 aliphatic rings. The SMILES string of the molecule is Cc1ccc(CC(CNC(=O)c2c(C)ncn2C)n2c(=N)n(Cc3ccc(C)cc3)c3ccccc32)cc1. The minimum atomic E-state index is -0.160. The van der Waals surface area contributed by atoms with Crippen LogP contribution in [0.4, 0.5) is 0 Å². The van der Waals surface area contributed by atoms with Crippen molar-refractivity contribution in [2.24, 2.45) is 7.05 Å². The number of hydrogen-bond donors (Lipinski definition) is 2. The highest BCUT2D eigenvalue weighted by molar-refractivity contribution is 5.93. The maximum atomic E-state index is 13.2. The molecule has 7 nitrogen and oxygen atoms in total. The molecule has 0 spiro atoms. The first-order valence-electron chi connectivity index (χ1n) is 12.9. The lowest BCUT2D eigenvalue weighted by Gasteiger charge is -2.21. The molecule has 0 aliphatic carbocycles. The summed E-state index contributed by atoms with van der Waals surface area (Å²) in [6.07, 6.45) is 2.34. The largest absolute Gasteiger partial charge is 0.349 e. The predicted octanol–water partition coefficient (Wildman–Crippen LogP) is 4.84. The van der Waals surface area contributed by atoms with Gasteiger partial charge in [0.1, 0.15) is 5.69 Å². The second-order valence-corrected chi connectivity index (χ2v) is 10.1. The molecule has 38 heavy (non-hydrogen) atoms. The average molecular weight is 507 g/mol. The number of carbonyl (C=O) groups is 1. The van der Waals surface area contributed by atoms with Crippen LogP contribution in [0.3, 0.4) is 0 Å². The topological polar surface area (TPSA) is 80.6 Å². The monoisotopic (exact) mass is 506 g/mol. The highest BCUT2D eigenvalue weighted by Crippen LogP contribution is 2.22. The Bertz CT molecular complexity index is 1620. The minimum Gasteiger partial charge on any atom is -0.349 e. The van der Waals surface area contributed by atoms with Gasteiger partial charge in [0.05, 0.1) is 35.6 Å². The molecule has 0 bridgehead atoms. The molecule has 3 aromatic carbocycles. The summed E-state index contributed by atoms with van der Waals surface area (Å²) in [4.78, 5) is 17.4. The second-order valence-electron chi connectivity index (χ2n) is 10.1. The van der Waals surface area contributed by atoms with E-state index in [0.717, 1.165) is 22.2 Å². The number of nitrogens with one attached hydrogen (secondary N) is 2. The molecular weight excluding hydrogens is 472 g/mol. The van der Waals surface area contributed by atoms with E-state index in [1.807, 2.05) is 26.1 Å². The number of aromatic nitrogens is 4. The standard InChI is InChI=1S/C31H34N6O/c1-21-9-13-24(14-10-21)17-26(18-33-30(38)29-23(3)34-20-35(29)4)37-28-8-6-5-7-27(28)36(31(37)32)19-25-15-11-22(2)12-16-25/h5-16,20,26,32H,17-19H2,1-4H3,(H,33,38). The number of imidazole rings is 2. The molecular formula is C31H34N6O. The third kappa shape index (κ3) is 5.05. The van der Waals surface area contributed by atoms with Crippen LogP contribution >= 0.6 is 0 Å². The van der Waals surface area contributed by atoms with Crippen molar-refractivity contribution in [1.29, 1.82) is 5.41 Å². The smallest absolute Gasteiger partial charge is 0.269 e. The van der Waals surface area contributed by atoms with Gasteiger partial charge >= 0.3 is 0 Å². The normalized spacial score (nSPS) is 12.1. The number of nitrogens with zero attached hydrogens (tertiary/aromatic N) is 4. The van der Waals surface area contributed by atoms with E-state index in [2.05, 4.69) is 93.9 Å².